The van der Waals surface area contributed by atoms with Crippen molar-refractivity contribution < 1.29 is 0 Å². The Kier molecular flexibility index (Phi) is 5.60. The Morgan fingerprint density at radius 3 is 2.71 bits per heavy atom. The molecule has 0 unspecified atom stereocenters. The average molecular weight is 427 g/mol. The second-order valence-electron chi connectivity index (χ2n) is 7.91. The van der Waals surface area contributed by atoms with Gasteiger partial charge >= 0.3 is 0 Å². The van der Waals surface area contributed by atoms with Crippen molar-refractivity contribution in [3.63, 3.8) is 0 Å². The number of aromatic nitrogens is 3. The van der Waals surface area contributed by atoms with E-state index < -0.39 is 0 Å². The number of hydrogen-bond acceptors (Lipinski definition) is 3. The lowest BCUT2D eigenvalue weighted by Gasteiger charge is -2.24. The Bertz CT molecular complexity index is 1260. The van der Waals surface area contributed by atoms with Crippen LogP contribution in [0.25, 0.3) is 16.9 Å². The maximum absolute atomic E-state index is 6.31. The van der Waals surface area contributed by atoms with Crippen LogP contribution in [-0.2, 0) is 0 Å². The normalized spacial score (nSPS) is 14.2. The first-order chi connectivity index (χ1) is 15.3. The summed E-state index contributed by atoms with van der Waals surface area (Å²) in [7, 11) is 0. The van der Waals surface area contributed by atoms with Gasteiger partial charge in [0.05, 0.1) is 5.02 Å². The van der Waals surface area contributed by atoms with E-state index in [0.717, 1.165) is 34.0 Å². The molecule has 3 heterocycles. The van der Waals surface area contributed by atoms with Crippen molar-refractivity contribution in [3.05, 3.63) is 83.3 Å². The lowest BCUT2D eigenvalue weighted by atomic mass is 9.95. The molecule has 1 saturated carbocycles. The summed E-state index contributed by atoms with van der Waals surface area (Å²) >= 11 is 6.31. The first kappa shape index (κ1) is 19.7. The molecule has 0 radical (unpaired) electrons. The molecule has 1 N–H and O–H groups in total. The van der Waals surface area contributed by atoms with Crippen molar-refractivity contribution in [2.75, 3.05) is 5.32 Å². The predicted octanol–water partition coefficient (Wildman–Crippen LogP) is 6.19. The third kappa shape index (κ3) is 4.42. The molecule has 1 aliphatic carbocycles. The quantitative estimate of drug-likeness (QED) is 0.397. The first-order valence-electron chi connectivity index (χ1n) is 10.7. The number of benzene rings is 1. The van der Waals surface area contributed by atoms with Crippen molar-refractivity contribution in [2.24, 2.45) is 0 Å². The molecule has 5 heteroatoms. The highest BCUT2D eigenvalue weighted by molar-refractivity contribution is 6.30. The molecule has 3 aromatic heterocycles. The molecule has 4 nitrogen and oxygen atoms in total. The Labute approximate surface area is 187 Å². The summed E-state index contributed by atoms with van der Waals surface area (Å²) in [5.74, 6) is 7.36. The Hall–Kier alpha value is -3.29. The highest BCUT2D eigenvalue weighted by Crippen LogP contribution is 2.32. The van der Waals surface area contributed by atoms with Crippen molar-refractivity contribution in [1.29, 1.82) is 0 Å². The first-order valence-corrected chi connectivity index (χ1v) is 11.1. The summed E-state index contributed by atoms with van der Waals surface area (Å²) in [4.78, 5) is 9.21. The van der Waals surface area contributed by atoms with Gasteiger partial charge in [0.2, 0.25) is 0 Å². The molecule has 4 aromatic rings. The molecular formula is C26H23ClN4. The standard InChI is InChI=1S/C26H23ClN4/c27-21-13-15-24-30-25(26(31(24)18-21)29-23-10-2-1-3-11-23)20-8-6-7-19(17-20)12-14-22-9-4-5-16-28-22/h4-9,13,15-18,23,29H,1-3,10-11H2. The number of rotatable bonds is 3. The Balaban J connectivity index is 1.55. The van der Waals surface area contributed by atoms with Crippen molar-refractivity contribution >= 4 is 23.1 Å². The molecule has 1 aromatic carbocycles. The van der Waals surface area contributed by atoms with E-state index in [0.29, 0.717) is 11.1 Å². The summed E-state index contributed by atoms with van der Waals surface area (Å²) in [5, 5.41) is 4.46. The molecule has 5 rings (SSSR count). The van der Waals surface area contributed by atoms with E-state index in [2.05, 4.69) is 38.7 Å². The van der Waals surface area contributed by atoms with Gasteiger partial charge in [0.25, 0.3) is 0 Å². The molecule has 31 heavy (non-hydrogen) atoms. The van der Waals surface area contributed by atoms with Crippen LogP contribution in [0.1, 0.15) is 43.4 Å². The van der Waals surface area contributed by atoms with E-state index >= 15 is 0 Å². The third-order valence-electron chi connectivity index (χ3n) is 5.66. The smallest absolute Gasteiger partial charge is 0.139 e. The highest BCUT2D eigenvalue weighted by Gasteiger charge is 2.20. The number of hydrogen-bond donors (Lipinski definition) is 1. The average Bonchev–Trinajstić information content (AvgIpc) is 3.17. The van der Waals surface area contributed by atoms with Crippen LogP contribution in [0.4, 0.5) is 5.82 Å². The van der Waals surface area contributed by atoms with Crippen LogP contribution < -0.4 is 5.32 Å². The Morgan fingerprint density at radius 1 is 0.968 bits per heavy atom. The van der Waals surface area contributed by atoms with Crippen LogP contribution in [0.3, 0.4) is 0 Å². The largest absolute Gasteiger partial charge is 0.367 e. The number of pyridine rings is 2. The molecule has 0 atom stereocenters. The van der Waals surface area contributed by atoms with Crippen LogP contribution in [0.2, 0.25) is 5.02 Å². The number of anilines is 1. The molecule has 0 aliphatic heterocycles. The van der Waals surface area contributed by atoms with Gasteiger partial charge in [-0.05, 0) is 55.2 Å². The molecular weight excluding hydrogens is 404 g/mol. The summed E-state index contributed by atoms with van der Waals surface area (Å²) in [6.45, 7) is 0. The van der Waals surface area contributed by atoms with Gasteiger partial charge in [-0.1, -0.05) is 55.0 Å². The minimum absolute atomic E-state index is 0.457. The Morgan fingerprint density at radius 2 is 1.87 bits per heavy atom. The third-order valence-corrected chi connectivity index (χ3v) is 5.89. The van der Waals surface area contributed by atoms with E-state index in [1.807, 2.05) is 48.7 Å². The maximum Gasteiger partial charge on any atom is 0.139 e. The van der Waals surface area contributed by atoms with Crippen LogP contribution in [0.15, 0.2) is 67.0 Å². The van der Waals surface area contributed by atoms with Gasteiger partial charge < -0.3 is 5.32 Å². The van der Waals surface area contributed by atoms with E-state index in [9.17, 15) is 0 Å². The summed E-state index contributed by atoms with van der Waals surface area (Å²) in [6, 6.07) is 18.3. The molecule has 0 bridgehead atoms. The summed E-state index contributed by atoms with van der Waals surface area (Å²) in [5.41, 5.74) is 4.53. The van der Waals surface area contributed by atoms with E-state index in [1.54, 1.807) is 6.20 Å². The lowest BCUT2D eigenvalue weighted by Crippen LogP contribution is -2.23. The number of nitrogens with zero attached hydrogens (tertiary/aromatic N) is 3. The fraction of sp³-hybridized carbons (Fsp3) is 0.231. The minimum Gasteiger partial charge on any atom is -0.367 e. The molecule has 0 spiro atoms. The van der Waals surface area contributed by atoms with Gasteiger partial charge in [0.15, 0.2) is 0 Å². The van der Waals surface area contributed by atoms with E-state index in [-0.39, 0.29) is 0 Å². The van der Waals surface area contributed by atoms with Gasteiger partial charge in [-0.25, -0.2) is 9.97 Å². The summed E-state index contributed by atoms with van der Waals surface area (Å²) < 4.78 is 2.07. The van der Waals surface area contributed by atoms with Gasteiger partial charge in [0, 0.05) is 29.6 Å². The SMILES string of the molecule is Clc1ccc2nc(-c3cccc(C#Cc4ccccn4)c3)c(NC3CCCCC3)n2c1. The van der Waals surface area contributed by atoms with Crippen molar-refractivity contribution in [1.82, 2.24) is 14.4 Å². The van der Waals surface area contributed by atoms with E-state index in [1.165, 1.54) is 32.1 Å². The zero-order valence-corrected chi connectivity index (χ0v) is 17.9. The van der Waals surface area contributed by atoms with Crippen molar-refractivity contribution in [2.45, 2.75) is 38.1 Å². The van der Waals surface area contributed by atoms with E-state index in [4.69, 9.17) is 16.6 Å². The lowest BCUT2D eigenvalue weighted by molar-refractivity contribution is 0.462. The molecule has 1 aliphatic rings. The van der Waals surface area contributed by atoms with Gasteiger partial charge in [-0.3, -0.25) is 4.40 Å². The van der Waals surface area contributed by atoms with Crippen LogP contribution in [0, 0.1) is 11.8 Å². The van der Waals surface area contributed by atoms with Crippen LogP contribution in [-0.4, -0.2) is 20.4 Å². The number of fused-ring (bicyclic) bond motifs is 1. The number of nitrogens with one attached hydrogen (secondary N) is 1. The van der Waals surface area contributed by atoms with Crippen molar-refractivity contribution in [3.8, 4) is 23.1 Å². The zero-order valence-electron chi connectivity index (χ0n) is 17.2. The highest BCUT2D eigenvalue weighted by atomic mass is 35.5. The zero-order chi connectivity index (χ0) is 21.0. The molecule has 1 fully saturated rings. The van der Waals surface area contributed by atoms with Crippen LogP contribution >= 0.6 is 11.6 Å². The molecule has 0 saturated heterocycles. The molecule has 154 valence electrons. The number of halogens is 1. The number of imidazole rings is 1. The fourth-order valence-corrected chi connectivity index (χ4v) is 4.28. The predicted molar refractivity (Wildman–Crippen MR) is 126 cm³/mol. The fourth-order valence-electron chi connectivity index (χ4n) is 4.12. The van der Waals surface area contributed by atoms with Gasteiger partial charge in [-0.2, -0.15) is 0 Å². The molecule has 0 amide bonds. The summed E-state index contributed by atoms with van der Waals surface area (Å²) in [6.07, 6.45) is 9.91. The second-order valence-corrected chi connectivity index (χ2v) is 8.35. The van der Waals surface area contributed by atoms with Crippen LogP contribution in [0.5, 0.6) is 0 Å². The van der Waals surface area contributed by atoms with Gasteiger partial charge in [-0.15, -0.1) is 0 Å². The monoisotopic (exact) mass is 426 g/mol. The topological polar surface area (TPSA) is 42.2 Å². The maximum atomic E-state index is 6.31. The second kappa shape index (κ2) is 8.83. The van der Waals surface area contributed by atoms with Gasteiger partial charge in [0.1, 0.15) is 22.9 Å². The minimum atomic E-state index is 0.457.